The zero-order valence-corrected chi connectivity index (χ0v) is 18.2. The predicted molar refractivity (Wildman–Crippen MR) is 121 cm³/mol. The highest BCUT2D eigenvalue weighted by molar-refractivity contribution is 5.98. The second kappa shape index (κ2) is 8.86. The van der Waals surface area contributed by atoms with E-state index in [0.29, 0.717) is 30.2 Å². The predicted octanol–water partition coefficient (Wildman–Crippen LogP) is 3.83. The Balaban J connectivity index is 1.33. The van der Waals surface area contributed by atoms with Crippen molar-refractivity contribution in [3.05, 3.63) is 89.0 Å². The van der Waals surface area contributed by atoms with Crippen molar-refractivity contribution in [3.8, 4) is 17.2 Å². The molecule has 5 rings (SSSR count). The molecule has 1 atom stereocenters. The van der Waals surface area contributed by atoms with Crippen molar-refractivity contribution in [1.82, 2.24) is 10.2 Å². The van der Waals surface area contributed by atoms with Crippen molar-refractivity contribution in [1.29, 1.82) is 0 Å². The number of benzene rings is 3. The average Bonchev–Trinajstić information content (AvgIpc) is 3.45. The molecular formula is C26H24N2O5. The van der Waals surface area contributed by atoms with Crippen LogP contribution in [0.3, 0.4) is 0 Å². The van der Waals surface area contributed by atoms with Crippen molar-refractivity contribution in [3.63, 3.8) is 0 Å². The molecule has 0 aliphatic carbocycles. The summed E-state index contributed by atoms with van der Waals surface area (Å²) in [5.41, 5.74) is 3.46. The van der Waals surface area contributed by atoms with Crippen molar-refractivity contribution in [2.45, 2.75) is 25.6 Å². The SMILES string of the molecule is COc1ccc([C@H](CC(=O)NCc2ccc3c(c2)OCO3)N2Cc3ccccc3C2=O)cc1. The van der Waals surface area contributed by atoms with Gasteiger partial charge in [-0.3, -0.25) is 9.59 Å². The maximum absolute atomic E-state index is 13.1. The lowest BCUT2D eigenvalue weighted by atomic mass is 10.0. The van der Waals surface area contributed by atoms with Crippen molar-refractivity contribution < 1.29 is 23.8 Å². The fraction of sp³-hybridized carbons (Fsp3) is 0.231. The number of amides is 2. The van der Waals surface area contributed by atoms with Gasteiger partial charge in [-0.1, -0.05) is 36.4 Å². The minimum atomic E-state index is -0.396. The van der Waals surface area contributed by atoms with E-state index in [4.69, 9.17) is 14.2 Å². The van der Waals surface area contributed by atoms with E-state index in [1.165, 1.54) is 0 Å². The van der Waals surface area contributed by atoms with Crippen LogP contribution in [0.5, 0.6) is 17.2 Å². The third kappa shape index (κ3) is 4.22. The van der Waals surface area contributed by atoms with Crippen LogP contribution in [-0.4, -0.2) is 30.6 Å². The average molecular weight is 444 g/mol. The molecule has 0 saturated carbocycles. The van der Waals surface area contributed by atoms with E-state index in [9.17, 15) is 9.59 Å². The normalized spacial score (nSPS) is 14.7. The monoisotopic (exact) mass is 444 g/mol. The van der Waals surface area contributed by atoms with Gasteiger partial charge in [0, 0.05) is 18.7 Å². The standard InChI is InChI=1S/C26H24N2O5/c1-31-20-9-7-18(8-10-20)22(28-15-19-4-2-3-5-21(19)26(28)30)13-25(29)27-14-17-6-11-23-24(12-17)33-16-32-23/h2-12,22H,13-16H2,1H3,(H,27,29)/t22-/m0/s1. The molecule has 1 N–H and O–H groups in total. The number of methoxy groups -OCH3 is 1. The summed E-state index contributed by atoms with van der Waals surface area (Å²) in [6.07, 6.45) is 0.149. The van der Waals surface area contributed by atoms with E-state index < -0.39 is 6.04 Å². The van der Waals surface area contributed by atoms with Gasteiger partial charge < -0.3 is 24.4 Å². The zero-order valence-electron chi connectivity index (χ0n) is 18.2. The van der Waals surface area contributed by atoms with Gasteiger partial charge in [-0.25, -0.2) is 0 Å². The molecule has 7 heteroatoms. The van der Waals surface area contributed by atoms with Gasteiger partial charge in [-0.05, 0) is 47.0 Å². The van der Waals surface area contributed by atoms with Crippen LogP contribution in [0.4, 0.5) is 0 Å². The van der Waals surface area contributed by atoms with E-state index in [0.717, 1.165) is 22.4 Å². The maximum atomic E-state index is 13.1. The third-order valence-electron chi connectivity index (χ3n) is 6.03. The summed E-state index contributed by atoms with van der Waals surface area (Å²) in [6.45, 7) is 1.04. The molecule has 168 valence electrons. The third-order valence-corrected chi connectivity index (χ3v) is 6.03. The smallest absolute Gasteiger partial charge is 0.255 e. The molecule has 2 aliphatic heterocycles. The van der Waals surface area contributed by atoms with Crippen LogP contribution in [-0.2, 0) is 17.9 Å². The Bertz CT molecular complexity index is 1190. The van der Waals surface area contributed by atoms with E-state index in [2.05, 4.69) is 5.32 Å². The number of rotatable bonds is 7. The number of nitrogens with zero attached hydrogens (tertiary/aromatic N) is 1. The first-order valence-corrected chi connectivity index (χ1v) is 10.8. The van der Waals surface area contributed by atoms with E-state index >= 15 is 0 Å². The molecule has 0 spiro atoms. The molecule has 0 aromatic heterocycles. The summed E-state index contributed by atoms with van der Waals surface area (Å²) < 4.78 is 16.0. The van der Waals surface area contributed by atoms with Gasteiger partial charge in [-0.2, -0.15) is 0 Å². The highest BCUT2D eigenvalue weighted by Crippen LogP contribution is 2.35. The molecule has 0 saturated heterocycles. The molecule has 0 bridgehead atoms. The van der Waals surface area contributed by atoms with Crippen molar-refractivity contribution >= 4 is 11.8 Å². The van der Waals surface area contributed by atoms with Crippen LogP contribution >= 0.6 is 0 Å². The molecule has 2 heterocycles. The molecule has 2 amide bonds. The Kier molecular flexibility index (Phi) is 5.60. The summed E-state index contributed by atoms with van der Waals surface area (Å²) in [5.74, 6) is 1.91. The van der Waals surface area contributed by atoms with Gasteiger partial charge in [0.25, 0.3) is 5.91 Å². The Morgan fingerprint density at radius 2 is 1.85 bits per heavy atom. The zero-order chi connectivity index (χ0) is 22.8. The Morgan fingerprint density at radius 3 is 2.64 bits per heavy atom. The highest BCUT2D eigenvalue weighted by Gasteiger charge is 2.34. The number of hydrogen-bond donors (Lipinski definition) is 1. The van der Waals surface area contributed by atoms with Crippen LogP contribution in [0.15, 0.2) is 66.7 Å². The second-order valence-corrected chi connectivity index (χ2v) is 8.05. The summed E-state index contributed by atoms with van der Waals surface area (Å²) in [4.78, 5) is 27.9. The van der Waals surface area contributed by atoms with E-state index in [1.807, 2.05) is 66.7 Å². The molecular weight excluding hydrogens is 420 g/mol. The molecule has 0 radical (unpaired) electrons. The molecule has 3 aromatic carbocycles. The van der Waals surface area contributed by atoms with Gasteiger partial charge in [0.05, 0.1) is 19.6 Å². The molecule has 0 unspecified atom stereocenters. The van der Waals surface area contributed by atoms with Crippen LogP contribution in [0.2, 0.25) is 0 Å². The fourth-order valence-electron chi connectivity index (χ4n) is 4.26. The highest BCUT2D eigenvalue weighted by atomic mass is 16.7. The number of carbonyl (C=O) groups is 2. The quantitative estimate of drug-likeness (QED) is 0.599. The Labute approximate surface area is 191 Å². The van der Waals surface area contributed by atoms with Gasteiger partial charge in [0.2, 0.25) is 12.7 Å². The lowest BCUT2D eigenvalue weighted by molar-refractivity contribution is -0.122. The lowest BCUT2D eigenvalue weighted by Crippen LogP contribution is -2.34. The number of fused-ring (bicyclic) bond motifs is 2. The van der Waals surface area contributed by atoms with Gasteiger partial charge >= 0.3 is 0 Å². The molecule has 2 aliphatic rings. The van der Waals surface area contributed by atoms with Crippen LogP contribution in [0, 0.1) is 0 Å². The number of ether oxygens (including phenoxy) is 3. The van der Waals surface area contributed by atoms with Crippen LogP contribution < -0.4 is 19.5 Å². The second-order valence-electron chi connectivity index (χ2n) is 8.05. The first kappa shape index (κ1) is 20.9. The molecule has 33 heavy (non-hydrogen) atoms. The summed E-state index contributed by atoms with van der Waals surface area (Å²) in [6, 6.07) is 20.3. The maximum Gasteiger partial charge on any atom is 0.255 e. The van der Waals surface area contributed by atoms with E-state index in [-0.39, 0.29) is 25.0 Å². The molecule has 3 aromatic rings. The van der Waals surface area contributed by atoms with Crippen LogP contribution in [0.25, 0.3) is 0 Å². The van der Waals surface area contributed by atoms with Gasteiger partial charge in [-0.15, -0.1) is 0 Å². The van der Waals surface area contributed by atoms with Crippen LogP contribution in [0.1, 0.15) is 39.5 Å². The van der Waals surface area contributed by atoms with E-state index in [1.54, 1.807) is 12.0 Å². The first-order valence-electron chi connectivity index (χ1n) is 10.8. The lowest BCUT2D eigenvalue weighted by Gasteiger charge is -2.28. The largest absolute Gasteiger partial charge is 0.497 e. The molecule has 7 nitrogen and oxygen atoms in total. The topological polar surface area (TPSA) is 77.1 Å². The Morgan fingerprint density at radius 1 is 1.06 bits per heavy atom. The Hall–Kier alpha value is -4.00. The van der Waals surface area contributed by atoms with Gasteiger partial charge in [0.15, 0.2) is 11.5 Å². The number of carbonyl (C=O) groups excluding carboxylic acids is 2. The fourth-order valence-corrected chi connectivity index (χ4v) is 4.26. The number of nitrogens with one attached hydrogen (secondary N) is 1. The van der Waals surface area contributed by atoms with Crippen molar-refractivity contribution in [2.75, 3.05) is 13.9 Å². The minimum Gasteiger partial charge on any atom is -0.497 e. The summed E-state index contributed by atoms with van der Waals surface area (Å²) in [7, 11) is 1.61. The summed E-state index contributed by atoms with van der Waals surface area (Å²) >= 11 is 0. The molecule has 0 fully saturated rings. The van der Waals surface area contributed by atoms with Crippen molar-refractivity contribution in [2.24, 2.45) is 0 Å². The first-order chi connectivity index (χ1) is 16.1. The summed E-state index contributed by atoms with van der Waals surface area (Å²) in [5, 5.41) is 2.97. The number of hydrogen-bond acceptors (Lipinski definition) is 5. The van der Waals surface area contributed by atoms with Gasteiger partial charge in [0.1, 0.15) is 5.75 Å². The minimum absolute atomic E-state index is 0.0602.